The molecule has 1 aromatic carbocycles. The molecule has 1 rings (SSSR count). The first kappa shape index (κ1) is 16.3. The van der Waals surface area contributed by atoms with Gasteiger partial charge in [0.2, 0.25) is 5.91 Å². The standard InChI is InChI=1S/C15H24N2O3/c1-11(2)16-8-7-15(18)17-10-12-5-6-13(19-3)14(9-12)20-4/h5-6,9,11,16H,7-8,10H2,1-4H3,(H,17,18). The van der Waals surface area contributed by atoms with E-state index >= 15 is 0 Å². The van der Waals surface area contributed by atoms with E-state index in [4.69, 9.17) is 9.47 Å². The van der Waals surface area contributed by atoms with E-state index in [1.165, 1.54) is 0 Å². The molecule has 0 heterocycles. The summed E-state index contributed by atoms with van der Waals surface area (Å²) in [5, 5.41) is 6.10. The number of hydrogen-bond donors (Lipinski definition) is 2. The number of nitrogens with one attached hydrogen (secondary N) is 2. The number of methoxy groups -OCH3 is 2. The third kappa shape index (κ3) is 5.48. The van der Waals surface area contributed by atoms with E-state index in [0.717, 1.165) is 5.56 Å². The van der Waals surface area contributed by atoms with Gasteiger partial charge in [0, 0.05) is 25.6 Å². The molecule has 0 saturated carbocycles. The molecule has 5 nitrogen and oxygen atoms in total. The van der Waals surface area contributed by atoms with Crippen molar-refractivity contribution in [1.29, 1.82) is 0 Å². The average molecular weight is 280 g/mol. The molecule has 1 aromatic rings. The van der Waals surface area contributed by atoms with Gasteiger partial charge in [-0.3, -0.25) is 4.79 Å². The first-order chi connectivity index (χ1) is 9.56. The molecule has 0 bridgehead atoms. The van der Waals surface area contributed by atoms with E-state index in [1.807, 2.05) is 18.2 Å². The SMILES string of the molecule is COc1ccc(CNC(=O)CCNC(C)C)cc1OC. The van der Waals surface area contributed by atoms with Crippen molar-refractivity contribution in [3.8, 4) is 11.5 Å². The lowest BCUT2D eigenvalue weighted by Gasteiger charge is -2.11. The molecule has 20 heavy (non-hydrogen) atoms. The lowest BCUT2D eigenvalue weighted by atomic mass is 10.2. The van der Waals surface area contributed by atoms with Crippen LogP contribution in [0.15, 0.2) is 18.2 Å². The lowest BCUT2D eigenvalue weighted by molar-refractivity contribution is -0.121. The zero-order valence-electron chi connectivity index (χ0n) is 12.7. The third-order valence-electron chi connectivity index (χ3n) is 2.84. The number of amides is 1. The van der Waals surface area contributed by atoms with Gasteiger partial charge >= 0.3 is 0 Å². The van der Waals surface area contributed by atoms with E-state index in [-0.39, 0.29) is 5.91 Å². The van der Waals surface area contributed by atoms with Crippen LogP contribution in [0.1, 0.15) is 25.8 Å². The van der Waals surface area contributed by atoms with Crippen LogP contribution >= 0.6 is 0 Å². The Balaban J connectivity index is 2.43. The van der Waals surface area contributed by atoms with Crippen LogP contribution in [0.3, 0.4) is 0 Å². The summed E-state index contributed by atoms with van der Waals surface area (Å²) in [7, 11) is 3.19. The van der Waals surface area contributed by atoms with Crippen LogP contribution in [0.4, 0.5) is 0 Å². The maximum absolute atomic E-state index is 11.7. The Bertz CT molecular complexity index is 433. The fourth-order valence-electron chi connectivity index (χ4n) is 1.75. The van der Waals surface area contributed by atoms with E-state index in [2.05, 4.69) is 24.5 Å². The highest BCUT2D eigenvalue weighted by molar-refractivity contribution is 5.76. The molecule has 0 aromatic heterocycles. The number of carbonyl (C=O) groups excluding carboxylic acids is 1. The zero-order valence-corrected chi connectivity index (χ0v) is 12.7. The molecule has 0 atom stereocenters. The topological polar surface area (TPSA) is 59.6 Å². The summed E-state index contributed by atoms with van der Waals surface area (Å²) in [6, 6.07) is 6.01. The van der Waals surface area contributed by atoms with Gasteiger partial charge in [-0.15, -0.1) is 0 Å². The van der Waals surface area contributed by atoms with Gasteiger partial charge in [-0.25, -0.2) is 0 Å². The maximum atomic E-state index is 11.7. The highest BCUT2D eigenvalue weighted by atomic mass is 16.5. The van der Waals surface area contributed by atoms with Crippen LogP contribution in [-0.2, 0) is 11.3 Å². The molecule has 0 aliphatic rings. The van der Waals surface area contributed by atoms with Crippen LogP contribution in [0.25, 0.3) is 0 Å². The first-order valence-electron chi connectivity index (χ1n) is 6.77. The third-order valence-corrected chi connectivity index (χ3v) is 2.84. The van der Waals surface area contributed by atoms with Gasteiger partial charge in [-0.2, -0.15) is 0 Å². The summed E-state index contributed by atoms with van der Waals surface area (Å²) in [6.07, 6.45) is 0.478. The van der Waals surface area contributed by atoms with Crippen molar-refractivity contribution in [2.75, 3.05) is 20.8 Å². The van der Waals surface area contributed by atoms with E-state index < -0.39 is 0 Å². The second kappa shape index (κ2) is 8.43. The molecule has 112 valence electrons. The lowest BCUT2D eigenvalue weighted by Crippen LogP contribution is -2.30. The van der Waals surface area contributed by atoms with Crippen LogP contribution in [0, 0.1) is 0 Å². The fourth-order valence-corrected chi connectivity index (χ4v) is 1.75. The molecular formula is C15H24N2O3. The highest BCUT2D eigenvalue weighted by Crippen LogP contribution is 2.27. The van der Waals surface area contributed by atoms with E-state index in [0.29, 0.717) is 37.1 Å². The Labute approximate surface area is 120 Å². The smallest absolute Gasteiger partial charge is 0.221 e. The molecule has 0 unspecified atom stereocenters. The van der Waals surface area contributed by atoms with Gasteiger partial charge in [0.05, 0.1) is 14.2 Å². The predicted octanol–water partition coefficient (Wildman–Crippen LogP) is 1.71. The van der Waals surface area contributed by atoms with Crippen molar-refractivity contribution >= 4 is 5.91 Å². The number of carbonyl (C=O) groups is 1. The highest BCUT2D eigenvalue weighted by Gasteiger charge is 2.06. The van der Waals surface area contributed by atoms with Crippen LogP contribution in [0.5, 0.6) is 11.5 Å². The Kier molecular flexibility index (Phi) is 6.87. The monoisotopic (exact) mass is 280 g/mol. The number of benzene rings is 1. The van der Waals surface area contributed by atoms with Crippen LogP contribution < -0.4 is 20.1 Å². The molecule has 2 N–H and O–H groups in total. The fraction of sp³-hybridized carbons (Fsp3) is 0.533. The molecule has 0 aliphatic heterocycles. The van der Waals surface area contributed by atoms with Crippen molar-refractivity contribution in [3.05, 3.63) is 23.8 Å². The van der Waals surface area contributed by atoms with Gasteiger partial charge in [0.25, 0.3) is 0 Å². The Morgan fingerprint density at radius 2 is 1.90 bits per heavy atom. The van der Waals surface area contributed by atoms with Gasteiger partial charge < -0.3 is 20.1 Å². The molecule has 1 amide bonds. The number of ether oxygens (including phenoxy) is 2. The summed E-state index contributed by atoms with van der Waals surface area (Å²) >= 11 is 0. The van der Waals surface area contributed by atoms with Crippen molar-refractivity contribution in [2.45, 2.75) is 32.9 Å². The summed E-state index contributed by atoms with van der Waals surface area (Å²) in [6.45, 7) is 5.29. The quantitative estimate of drug-likeness (QED) is 0.761. The molecule has 0 radical (unpaired) electrons. The largest absolute Gasteiger partial charge is 0.493 e. The van der Waals surface area contributed by atoms with Gasteiger partial charge in [-0.1, -0.05) is 19.9 Å². The molecule has 0 spiro atoms. The predicted molar refractivity (Wildman–Crippen MR) is 79.1 cm³/mol. The molecule has 0 aliphatic carbocycles. The number of hydrogen-bond acceptors (Lipinski definition) is 4. The Morgan fingerprint density at radius 3 is 2.50 bits per heavy atom. The molecule has 0 fully saturated rings. The molecular weight excluding hydrogens is 256 g/mol. The minimum absolute atomic E-state index is 0.0351. The average Bonchev–Trinajstić information content (AvgIpc) is 2.44. The Morgan fingerprint density at radius 1 is 1.20 bits per heavy atom. The molecule has 5 heteroatoms. The van der Waals surface area contributed by atoms with Crippen molar-refractivity contribution in [1.82, 2.24) is 10.6 Å². The Hall–Kier alpha value is -1.75. The second-order valence-corrected chi connectivity index (χ2v) is 4.82. The summed E-state index contributed by atoms with van der Waals surface area (Å²) < 4.78 is 10.4. The minimum Gasteiger partial charge on any atom is -0.493 e. The second-order valence-electron chi connectivity index (χ2n) is 4.82. The molecule has 0 saturated heterocycles. The van der Waals surface area contributed by atoms with Gasteiger partial charge in [0.15, 0.2) is 11.5 Å². The summed E-state index contributed by atoms with van der Waals surface area (Å²) in [5.41, 5.74) is 0.979. The van der Waals surface area contributed by atoms with E-state index in [1.54, 1.807) is 14.2 Å². The first-order valence-corrected chi connectivity index (χ1v) is 6.77. The summed E-state index contributed by atoms with van der Waals surface area (Å²) in [5.74, 6) is 1.39. The van der Waals surface area contributed by atoms with Crippen molar-refractivity contribution in [2.24, 2.45) is 0 Å². The summed E-state index contributed by atoms with van der Waals surface area (Å²) in [4.78, 5) is 11.7. The van der Waals surface area contributed by atoms with Gasteiger partial charge in [0.1, 0.15) is 0 Å². The normalized spacial score (nSPS) is 10.4. The van der Waals surface area contributed by atoms with Crippen LogP contribution in [0.2, 0.25) is 0 Å². The maximum Gasteiger partial charge on any atom is 0.221 e. The van der Waals surface area contributed by atoms with Crippen molar-refractivity contribution < 1.29 is 14.3 Å². The minimum atomic E-state index is 0.0351. The van der Waals surface area contributed by atoms with Gasteiger partial charge in [-0.05, 0) is 17.7 Å². The number of rotatable bonds is 8. The van der Waals surface area contributed by atoms with Crippen molar-refractivity contribution in [3.63, 3.8) is 0 Å². The zero-order chi connectivity index (χ0) is 15.0. The van der Waals surface area contributed by atoms with E-state index in [9.17, 15) is 4.79 Å². The van der Waals surface area contributed by atoms with Crippen LogP contribution in [-0.4, -0.2) is 32.7 Å².